The van der Waals surface area contributed by atoms with Crippen molar-refractivity contribution < 1.29 is 9.21 Å². The van der Waals surface area contributed by atoms with Gasteiger partial charge in [-0.05, 0) is 36.0 Å². The standard InChI is InChI=1S/C23H23NO3/c1-23(2,3)16-8-6-14(7-9-16)20-13-19(25)18-11-10-17(12-21(18)27-20)24-22(26)15-4-5-15/h6-13,15H,4-5H2,1-3H3,(H,24,26). The molecule has 138 valence electrons. The predicted octanol–water partition coefficient (Wildman–Crippen LogP) is 5.11. The summed E-state index contributed by atoms with van der Waals surface area (Å²) in [5.41, 5.74) is 3.19. The third kappa shape index (κ3) is 3.65. The lowest BCUT2D eigenvalue weighted by atomic mass is 9.86. The molecule has 3 aromatic rings. The van der Waals surface area contributed by atoms with Gasteiger partial charge in [-0.25, -0.2) is 0 Å². The first-order chi connectivity index (χ1) is 12.8. The Labute approximate surface area is 158 Å². The topological polar surface area (TPSA) is 59.3 Å². The lowest BCUT2D eigenvalue weighted by Gasteiger charge is -2.19. The van der Waals surface area contributed by atoms with Gasteiger partial charge >= 0.3 is 0 Å². The molecule has 1 saturated carbocycles. The summed E-state index contributed by atoms with van der Waals surface area (Å²) < 4.78 is 6.00. The van der Waals surface area contributed by atoms with Crippen LogP contribution < -0.4 is 10.7 Å². The zero-order chi connectivity index (χ0) is 19.2. The second-order valence-corrected chi connectivity index (χ2v) is 8.28. The summed E-state index contributed by atoms with van der Waals surface area (Å²) in [6.07, 6.45) is 1.90. The van der Waals surface area contributed by atoms with Crippen molar-refractivity contribution in [1.82, 2.24) is 0 Å². The summed E-state index contributed by atoms with van der Waals surface area (Å²) in [5, 5.41) is 3.41. The van der Waals surface area contributed by atoms with E-state index in [1.54, 1.807) is 18.2 Å². The van der Waals surface area contributed by atoms with Crippen LogP contribution in [0.1, 0.15) is 39.2 Å². The number of carbonyl (C=O) groups excluding carboxylic acids is 1. The molecule has 2 aromatic carbocycles. The molecule has 1 aromatic heterocycles. The van der Waals surface area contributed by atoms with Crippen LogP contribution in [-0.4, -0.2) is 5.91 Å². The van der Waals surface area contributed by atoms with Crippen molar-refractivity contribution in [2.24, 2.45) is 5.92 Å². The van der Waals surface area contributed by atoms with Crippen LogP contribution in [0, 0.1) is 5.92 Å². The average Bonchev–Trinajstić information content (AvgIpc) is 3.46. The Bertz CT molecular complexity index is 1070. The minimum absolute atomic E-state index is 0.0330. The van der Waals surface area contributed by atoms with Crippen LogP contribution in [0.3, 0.4) is 0 Å². The first-order valence-electron chi connectivity index (χ1n) is 9.31. The zero-order valence-corrected chi connectivity index (χ0v) is 15.8. The largest absolute Gasteiger partial charge is 0.456 e. The molecule has 1 N–H and O–H groups in total. The quantitative estimate of drug-likeness (QED) is 0.705. The summed E-state index contributed by atoms with van der Waals surface area (Å²) in [6, 6.07) is 14.8. The molecule has 1 heterocycles. The summed E-state index contributed by atoms with van der Waals surface area (Å²) in [6.45, 7) is 6.49. The van der Waals surface area contributed by atoms with Crippen molar-refractivity contribution in [3.63, 3.8) is 0 Å². The highest BCUT2D eigenvalue weighted by atomic mass is 16.3. The fraction of sp³-hybridized carbons (Fsp3) is 0.304. The van der Waals surface area contributed by atoms with E-state index >= 15 is 0 Å². The molecule has 4 nitrogen and oxygen atoms in total. The SMILES string of the molecule is CC(C)(C)c1ccc(-c2cc(=O)c3ccc(NC(=O)C4CC4)cc3o2)cc1. The van der Waals surface area contributed by atoms with Crippen molar-refractivity contribution in [3.05, 3.63) is 64.3 Å². The van der Waals surface area contributed by atoms with E-state index in [-0.39, 0.29) is 22.7 Å². The summed E-state index contributed by atoms with van der Waals surface area (Å²) >= 11 is 0. The van der Waals surface area contributed by atoms with Crippen molar-refractivity contribution in [3.8, 4) is 11.3 Å². The van der Waals surface area contributed by atoms with Crippen LogP contribution in [0.25, 0.3) is 22.3 Å². The first kappa shape index (κ1) is 17.5. The van der Waals surface area contributed by atoms with Gasteiger partial charge in [0.15, 0.2) is 5.43 Å². The van der Waals surface area contributed by atoms with Gasteiger partial charge in [0.2, 0.25) is 5.91 Å². The highest BCUT2D eigenvalue weighted by Crippen LogP contribution is 2.31. The molecule has 1 aliphatic rings. The van der Waals surface area contributed by atoms with Crippen molar-refractivity contribution >= 4 is 22.6 Å². The number of nitrogens with one attached hydrogen (secondary N) is 1. The monoisotopic (exact) mass is 361 g/mol. The van der Waals surface area contributed by atoms with Crippen LogP contribution in [0.5, 0.6) is 0 Å². The molecule has 4 rings (SSSR count). The Morgan fingerprint density at radius 2 is 1.74 bits per heavy atom. The first-order valence-corrected chi connectivity index (χ1v) is 9.31. The Hall–Kier alpha value is -2.88. The highest BCUT2D eigenvalue weighted by molar-refractivity contribution is 5.95. The van der Waals surface area contributed by atoms with Gasteiger partial charge in [-0.1, -0.05) is 45.0 Å². The van der Waals surface area contributed by atoms with E-state index in [1.807, 2.05) is 12.1 Å². The predicted molar refractivity (Wildman–Crippen MR) is 108 cm³/mol. The second kappa shape index (κ2) is 6.38. The number of carbonyl (C=O) groups is 1. The Morgan fingerprint density at radius 3 is 2.37 bits per heavy atom. The number of fused-ring (bicyclic) bond motifs is 1. The zero-order valence-electron chi connectivity index (χ0n) is 15.8. The fourth-order valence-electron chi connectivity index (χ4n) is 3.10. The third-order valence-electron chi connectivity index (χ3n) is 4.98. The maximum atomic E-state index is 12.5. The number of hydrogen-bond donors (Lipinski definition) is 1. The molecule has 4 heteroatoms. The molecule has 27 heavy (non-hydrogen) atoms. The minimum Gasteiger partial charge on any atom is -0.456 e. The summed E-state index contributed by atoms with van der Waals surface area (Å²) in [4.78, 5) is 24.5. The van der Waals surface area contributed by atoms with Crippen LogP contribution in [0.15, 0.2) is 57.7 Å². The molecule has 0 saturated heterocycles. The van der Waals surface area contributed by atoms with Crippen LogP contribution in [-0.2, 0) is 10.2 Å². The molecule has 0 unspecified atom stereocenters. The number of amides is 1. The van der Waals surface area contributed by atoms with Gasteiger partial charge in [-0.3, -0.25) is 9.59 Å². The van der Waals surface area contributed by atoms with Gasteiger partial charge in [-0.2, -0.15) is 0 Å². The molecule has 0 atom stereocenters. The smallest absolute Gasteiger partial charge is 0.227 e. The van der Waals surface area contributed by atoms with Crippen molar-refractivity contribution in [2.75, 3.05) is 5.32 Å². The number of hydrogen-bond acceptors (Lipinski definition) is 3. The highest BCUT2D eigenvalue weighted by Gasteiger charge is 2.29. The van der Waals surface area contributed by atoms with Crippen LogP contribution in [0.2, 0.25) is 0 Å². The van der Waals surface area contributed by atoms with Gasteiger partial charge in [-0.15, -0.1) is 0 Å². The van der Waals surface area contributed by atoms with Gasteiger partial charge in [0, 0.05) is 29.3 Å². The van der Waals surface area contributed by atoms with Crippen LogP contribution in [0.4, 0.5) is 5.69 Å². The van der Waals surface area contributed by atoms with Crippen molar-refractivity contribution in [2.45, 2.75) is 39.0 Å². The molecule has 0 spiro atoms. The Balaban J connectivity index is 1.70. The second-order valence-electron chi connectivity index (χ2n) is 8.28. The molecule has 0 radical (unpaired) electrons. The van der Waals surface area contributed by atoms with E-state index < -0.39 is 0 Å². The van der Waals surface area contributed by atoms with E-state index in [2.05, 4.69) is 38.2 Å². The Morgan fingerprint density at radius 1 is 1.04 bits per heavy atom. The molecule has 1 fully saturated rings. The number of benzene rings is 2. The van der Waals surface area contributed by atoms with Gasteiger partial charge in [0.1, 0.15) is 11.3 Å². The molecule has 0 bridgehead atoms. The van der Waals surface area contributed by atoms with Gasteiger partial charge < -0.3 is 9.73 Å². The van der Waals surface area contributed by atoms with E-state index in [4.69, 9.17) is 4.42 Å². The maximum absolute atomic E-state index is 12.5. The number of rotatable bonds is 3. The van der Waals surface area contributed by atoms with E-state index in [0.717, 1.165) is 18.4 Å². The van der Waals surface area contributed by atoms with E-state index in [9.17, 15) is 9.59 Å². The Kier molecular flexibility index (Phi) is 4.14. The molecular weight excluding hydrogens is 338 g/mol. The van der Waals surface area contributed by atoms with E-state index in [0.29, 0.717) is 22.4 Å². The lowest BCUT2D eigenvalue weighted by molar-refractivity contribution is -0.117. The fourth-order valence-corrected chi connectivity index (χ4v) is 3.10. The summed E-state index contributed by atoms with van der Waals surface area (Å²) in [5.74, 6) is 0.685. The lowest BCUT2D eigenvalue weighted by Crippen LogP contribution is -2.13. The molecule has 1 aliphatic carbocycles. The molecule has 0 aliphatic heterocycles. The van der Waals surface area contributed by atoms with E-state index in [1.165, 1.54) is 11.6 Å². The van der Waals surface area contributed by atoms with Crippen LogP contribution >= 0.6 is 0 Å². The molecular formula is C23H23NO3. The minimum atomic E-state index is -0.0915. The van der Waals surface area contributed by atoms with Crippen molar-refractivity contribution in [1.29, 1.82) is 0 Å². The third-order valence-corrected chi connectivity index (χ3v) is 4.98. The number of anilines is 1. The molecule has 1 amide bonds. The van der Waals surface area contributed by atoms with Gasteiger partial charge in [0.25, 0.3) is 0 Å². The van der Waals surface area contributed by atoms with Gasteiger partial charge in [0.05, 0.1) is 5.39 Å². The summed E-state index contributed by atoms with van der Waals surface area (Å²) in [7, 11) is 0. The normalized spacial score (nSPS) is 14.3. The average molecular weight is 361 g/mol. The maximum Gasteiger partial charge on any atom is 0.227 e.